The van der Waals surface area contributed by atoms with Gasteiger partial charge in [0.2, 0.25) is 0 Å². The summed E-state index contributed by atoms with van der Waals surface area (Å²) in [6, 6.07) is 16.0. The van der Waals surface area contributed by atoms with Gasteiger partial charge in [0.05, 0.1) is 4.92 Å². The minimum Gasteiger partial charge on any atom is -0.337 e. The van der Waals surface area contributed by atoms with Gasteiger partial charge < -0.3 is 10.2 Å². The average molecular weight is 562 g/mol. The van der Waals surface area contributed by atoms with Crippen molar-refractivity contribution in [3.8, 4) is 0 Å². The Hall–Kier alpha value is -4.05. The Morgan fingerprint density at radius 3 is 2.54 bits per heavy atom. The highest BCUT2D eigenvalue weighted by Crippen LogP contribution is 2.31. The van der Waals surface area contributed by atoms with E-state index in [2.05, 4.69) is 26.2 Å². The predicted octanol–water partition coefficient (Wildman–Crippen LogP) is 5.59. The monoisotopic (exact) mass is 561 g/mol. The van der Waals surface area contributed by atoms with Crippen LogP contribution in [-0.4, -0.2) is 44.1 Å². The molecule has 2 aromatic heterocycles. The summed E-state index contributed by atoms with van der Waals surface area (Å²) in [7, 11) is 0. The number of piperidine rings is 1. The van der Waals surface area contributed by atoms with Crippen molar-refractivity contribution in [1.29, 1.82) is 0 Å². The number of hydrogen-bond donors (Lipinski definition) is 1. The first-order chi connectivity index (χ1) is 17.8. The molecule has 0 radical (unpaired) electrons. The lowest BCUT2D eigenvalue weighted by atomic mass is 9.89. The number of pyridine rings is 1. The van der Waals surface area contributed by atoms with Crippen molar-refractivity contribution in [3.63, 3.8) is 0 Å². The smallest absolute Gasteiger partial charge is 0.274 e. The molecule has 37 heavy (non-hydrogen) atoms. The van der Waals surface area contributed by atoms with Gasteiger partial charge in [0.15, 0.2) is 0 Å². The van der Waals surface area contributed by atoms with Gasteiger partial charge in [-0.2, -0.15) is 0 Å². The van der Waals surface area contributed by atoms with Crippen molar-refractivity contribution >= 4 is 44.8 Å². The Labute approximate surface area is 221 Å². The molecule has 1 N–H and O–H groups in total. The van der Waals surface area contributed by atoms with Crippen molar-refractivity contribution in [1.82, 2.24) is 14.3 Å². The maximum absolute atomic E-state index is 13.1. The second-order valence-electron chi connectivity index (χ2n) is 9.07. The molecule has 5 rings (SSSR count). The molecule has 0 saturated carbocycles. The highest BCUT2D eigenvalue weighted by atomic mass is 79.9. The molecule has 1 aliphatic heterocycles. The van der Waals surface area contributed by atoms with Gasteiger partial charge >= 0.3 is 0 Å². The molecule has 1 aliphatic rings. The van der Waals surface area contributed by atoms with Crippen LogP contribution in [0.1, 0.15) is 50.7 Å². The first-order valence-electron chi connectivity index (χ1n) is 11.9. The number of nitro benzene ring substituents is 1. The fraction of sp³-hybridized carbons (Fsp3) is 0.222. The Morgan fingerprint density at radius 2 is 1.84 bits per heavy atom. The van der Waals surface area contributed by atoms with Crippen LogP contribution in [0, 0.1) is 17.0 Å². The van der Waals surface area contributed by atoms with Crippen molar-refractivity contribution in [3.05, 3.63) is 104 Å². The van der Waals surface area contributed by atoms with E-state index in [1.54, 1.807) is 25.4 Å². The standard InChI is InChI=1S/C27H24BrN5O4/c1-17-22(28)15-20(16-24(17)33(36)37)26(34)30-21-7-5-18(6-8-21)19-9-12-31(13-10-19)27(35)23-3-2-4-25-29-11-14-32(23)25/h2-8,11,14-16,19H,9-10,12-13H2,1H3,(H,30,34). The molecule has 0 atom stereocenters. The number of nitro groups is 1. The van der Waals surface area contributed by atoms with Gasteiger partial charge in [0, 0.05) is 52.8 Å². The number of benzene rings is 2. The molecule has 4 aromatic rings. The lowest BCUT2D eigenvalue weighted by Crippen LogP contribution is -2.38. The van der Waals surface area contributed by atoms with E-state index in [1.165, 1.54) is 6.07 Å². The Morgan fingerprint density at radius 1 is 1.11 bits per heavy atom. The third-order valence-electron chi connectivity index (χ3n) is 6.85. The predicted molar refractivity (Wildman–Crippen MR) is 143 cm³/mol. The Kier molecular flexibility index (Phi) is 6.75. The number of hydrogen-bond acceptors (Lipinski definition) is 5. The third kappa shape index (κ3) is 4.97. The van der Waals surface area contributed by atoms with E-state index < -0.39 is 10.8 Å². The van der Waals surface area contributed by atoms with Gasteiger partial charge in [-0.05, 0) is 61.6 Å². The molecule has 188 valence electrons. The molecule has 0 spiro atoms. The number of imidazole rings is 1. The van der Waals surface area contributed by atoms with Crippen LogP contribution < -0.4 is 5.32 Å². The SMILES string of the molecule is Cc1c(Br)cc(C(=O)Nc2ccc(C3CCN(C(=O)c4cccc5nccn45)CC3)cc2)cc1[N+](=O)[O-]. The molecule has 3 heterocycles. The molecule has 2 aromatic carbocycles. The van der Waals surface area contributed by atoms with Gasteiger partial charge in [-0.25, -0.2) is 4.98 Å². The van der Waals surface area contributed by atoms with E-state index in [0.29, 0.717) is 40.4 Å². The fourth-order valence-electron chi connectivity index (χ4n) is 4.73. The zero-order chi connectivity index (χ0) is 26.1. The maximum atomic E-state index is 13.1. The van der Waals surface area contributed by atoms with E-state index in [-0.39, 0.29) is 17.2 Å². The lowest BCUT2D eigenvalue weighted by molar-refractivity contribution is -0.385. The fourth-order valence-corrected chi connectivity index (χ4v) is 5.18. The highest BCUT2D eigenvalue weighted by Gasteiger charge is 2.26. The van der Waals surface area contributed by atoms with E-state index in [4.69, 9.17) is 0 Å². The largest absolute Gasteiger partial charge is 0.337 e. The van der Waals surface area contributed by atoms with Crippen LogP contribution >= 0.6 is 15.9 Å². The summed E-state index contributed by atoms with van der Waals surface area (Å²) in [5.74, 6) is -0.104. The molecular weight excluding hydrogens is 538 g/mol. The average Bonchev–Trinajstić information content (AvgIpc) is 3.39. The number of nitrogens with one attached hydrogen (secondary N) is 1. The van der Waals surface area contributed by atoms with Crippen molar-refractivity contribution in [2.45, 2.75) is 25.7 Å². The summed E-state index contributed by atoms with van der Waals surface area (Å²) < 4.78 is 2.32. The molecule has 2 amide bonds. The molecule has 9 nitrogen and oxygen atoms in total. The second-order valence-corrected chi connectivity index (χ2v) is 9.92. The summed E-state index contributed by atoms with van der Waals surface area (Å²) in [5, 5.41) is 14.1. The number of fused-ring (bicyclic) bond motifs is 1. The number of aromatic nitrogens is 2. The van der Waals surface area contributed by atoms with E-state index in [9.17, 15) is 19.7 Å². The van der Waals surface area contributed by atoms with Gasteiger partial charge in [-0.1, -0.05) is 34.1 Å². The summed E-state index contributed by atoms with van der Waals surface area (Å²) in [6.07, 6.45) is 5.18. The molecule has 0 bridgehead atoms. The number of rotatable bonds is 5. The first-order valence-corrected chi connectivity index (χ1v) is 12.7. The van der Waals surface area contributed by atoms with E-state index >= 15 is 0 Å². The van der Waals surface area contributed by atoms with Crippen LogP contribution in [0.25, 0.3) is 5.65 Å². The van der Waals surface area contributed by atoms with Crippen molar-refractivity contribution in [2.24, 2.45) is 0 Å². The number of amides is 2. The van der Waals surface area contributed by atoms with Crippen LogP contribution in [0.15, 0.2) is 71.5 Å². The third-order valence-corrected chi connectivity index (χ3v) is 7.67. The van der Waals surface area contributed by atoms with Crippen LogP contribution in [0.5, 0.6) is 0 Å². The number of carbonyl (C=O) groups excluding carboxylic acids is 2. The van der Waals surface area contributed by atoms with Crippen molar-refractivity contribution in [2.75, 3.05) is 18.4 Å². The lowest BCUT2D eigenvalue weighted by Gasteiger charge is -2.32. The normalized spacial score (nSPS) is 14.1. The van der Waals surface area contributed by atoms with Crippen LogP contribution in [0.3, 0.4) is 0 Å². The first kappa shape index (κ1) is 24.6. The second kappa shape index (κ2) is 10.1. The number of nitrogens with zero attached hydrogens (tertiary/aromatic N) is 4. The molecule has 10 heteroatoms. The number of carbonyl (C=O) groups is 2. The summed E-state index contributed by atoms with van der Waals surface area (Å²) >= 11 is 3.29. The minimum absolute atomic E-state index is 0.00286. The quantitative estimate of drug-likeness (QED) is 0.252. The molecule has 0 aliphatic carbocycles. The number of likely N-dealkylation sites (tertiary alicyclic amines) is 1. The van der Waals surface area contributed by atoms with E-state index in [0.717, 1.165) is 24.1 Å². The van der Waals surface area contributed by atoms with Crippen molar-refractivity contribution < 1.29 is 14.5 Å². The molecular formula is C27H24BrN5O4. The maximum Gasteiger partial charge on any atom is 0.274 e. The highest BCUT2D eigenvalue weighted by molar-refractivity contribution is 9.10. The Balaban J connectivity index is 1.21. The summed E-state index contributed by atoms with van der Waals surface area (Å²) in [5.41, 5.74) is 3.68. The van der Waals surface area contributed by atoms with Crippen LogP contribution in [0.2, 0.25) is 0 Å². The summed E-state index contributed by atoms with van der Waals surface area (Å²) in [4.78, 5) is 42.8. The van der Waals surface area contributed by atoms with Crippen LogP contribution in [-0.2, 0) is 0 Å². The molecule has 1 fully saturated rings. The number of anilines is 1. The van der Waals surface area contributed by atoms with E-state index in [1.807, 2.05) is 51.8 Å². The zero-order valence-electron chi connectivity index (χ0n) is 20.1. The van der Waals surface area contributed by atoms with Crippen LogP contribution in [0.4, 0.5) is 11.4 Å². The zero-order valence-corrected chi connectivity index (χ0v) is 21.6. The topological polar surface area (TPSA) is 110 Å². The van der Waals surface area contributed by atoms with Gasteiger partial charge in [0.1, 0.15) is 11.3 Å². The van der Waals surface area contributed by atoms with Gasteiger partial charge in [-0.3, -0.25) is 24.1 Å². The minimum atomic E-state index is -0.497. The van der Waals surface area contributed by atoms with Gasteiger partial charge in [0.25, 0.3) is 17.5 Å². The number of halogens is 1. The molecule has 0 unspecified atom stereocenters. The molecule has 1 saturated heterocycles. The summed E-state index contributed by atoms with van der Waals surface area (Å²) in [6.45, 7) is 2.95. The van der Waals surface area contributed by atoms with Gasteiger partial charge in [-0.15, -0.1) is 0 Å². The Bertz CT molecular complexity index is 1510.